The van der Waals surface area contributed by atoms with Crippen LogP contribution in [0.15, 0.2) is 48.8 Å². The second-order valence-electron chi connectivity index (χ2n) is 5.20. The van der Waals surface area contributed by atoms with Crippen molar-refractivity contribution in [1.82, 2.24) is 10.3 Å². The maximum atomic E-state index is 11.9. The Morgan fingerprint density at radius 1 is 1.13 bits per heavy atom. The summed E-state index contributed by atoms with van der Waals surface area (Å²) in [5, 5.41) is 2.81. The summed E-state index contributed by atoms with van der Waals surface area (Å²) in [5.41, 5.74) is 2.63. The lowest BCUT2D eigenvalue weighted by atomic mass is 10.1. The van der Waals surface area contributed by atoms with Crippen molar-refractivity contribution in [3.8, 4) is 0 Å². The molecule has 5 heteroatoms. The van der Waals surface area contributed by atoms with Gasteiger partial charge in [0.25, 0.3) is 5.91 Å². The molecule has 0 unspecified atom stereocenters. The number of esters is 1. The fourth-order valence-electron chi connectivity index (χ4n) is 2.11. The second-order valence-corrected chi connectivity index (χ2v) is 5.20. The maximum Gasteiger partial charge on any atom is 0.338 e. The van der Waals surface area contributed by atoms with E-state index < -0.39 is 5.97 Å². The van der Waals surface area contributed by atoms with Crippen molar-refractivity contribution in [3.05, 3.63) is 65.5 Å². The number of benzene rings is 1. The molecule has 0 aliphatic heterocycles. The third kappa shape index (κ3) is 4.92. The largest absolute Gasteiger partial charge is 0.452 e. The van der Waals surface area contributed by atoms with Crippen LogP contribution in [0.5, 0.6) is 0 Å². The van der Waals surface area contributed by atoms with Crippen LogP contribution in [0.3, 0.4) is 0 Å². The quantitative estimate of drug-likeness (QED) is 0.833. The van der Waals surface area contributed by atoms with Crippen molar-refractivity contribution >= 4 is 11.9 Å². The number of carbonyl (C=O) groups is 2. The molecule has 0 bridgehead atoms. The SMILES string of the molecule is CCc1ccc([C@H](C)NC(=O)COC(=O)c2ccncc2)cc1. The lowest BCUT2D eigenvalue weighted by molar-refractivity contribution is -0.124. The number of amides is 1. The molecule has 2 rings (SSSR count). The van der Waals surface area contributed by atoms with Crippen molar-refractivity contribution in [2.24, 2.45) is 0 Å². The number of hydrogen-bond acceptors (Lipinski definition) is 4. The van der Waals surface area contributed by atoms with E-state index in [1.807, 2.05) is 31.2 Å². The Labute approximate surface area is 135 Å². The molecule has 0 fully saturated rings. The zero-order chi connectivity index (χ0) is 16.7. The number of aromatic nitrogens is 1. The van der Waals surface area contributed by atoms with Gasteiger partial charge in [0.15, 0.2) is 6.61 Å². The highest BCUT2D eigenvalue weighted by Crippen LogP contribution is 2.13. The fourth-order valence-corrected chi connectivity index (χ4v) is 2.11. The smallest absolute Gasteiger partial charge is 0.338 e. The summed E-state index contributed by atoms with van der Waals surface area (Å²) in [4.78, 5) is 27.5. The van der Waals surface area contributed by atoms with Crippen molar-refractivity contribution in [2.75, 3.05) is 6.61 Å². The molecule has 1 aromatic heterocycles. The van der Waals surface area contributed by atoms with Gasteiger partial charge >= 0.3 is 5.97 Å². The number of nitrogens with one attached hydrogen (secondary N) is 1. The molecule has 5 nitrogen and oxygen atoms in total. The first kappa shape index (κ1) is 16.7. The third-order valence-corrected chi connectivity index (χ3v) is 3.52. The van der Waals surface area contributed by atoms with Gasteiger partial charge in [0.05, 0.1) is 11.6 Å². The molecular weight excluding hydrogens is 292 g/mol. The molecule has 0 saturated carbocycles. The maximum absolute atomic E-state index is 11.9. The highest BCUT2D eigenvalue weighted by Gasteiger charge is 2.13. The first-order valence-electron chi connectivity index (χ1n) is 7.55. The van der Waals surface area contributed by atoms with Crippen molar-refractivity contribution in [3.63, 3.8) is 0 Å². The molecule has 0 aliphatic rings. The molecule has 1 atom stereocenters. The van der Waals surface area contributed by atoms with Crippen LogP contribution in [0.4, 0.5) is 0 Å². The Morgan fingerprint density at radius 2 is 1.78 bits per heavy atom. The standard InChI is InChI=1S/C18H20N2O3/c1-3-14-4-6-15(7-5-14)13(2)20-17(21)12-23-18(22)16-8-10-19-11-9-16/h4-11,13H,3,12H2,1-2H3,(H,20,21)/t13-/m0/s1. The van der Waals surface area contributed by atoms with Crippen LogP contribution in [0.2, 0.25) is 0 Å². The van der Waals surface area contributed by atoms with E-state index >= 15 is 0 Å². The Hall–Kier alpha value is -2.69. The van der Waals surface area contributed by atoms with Gasteiger partial charge in [-0.25, -0.2) is 4.79 Å². The van der Waals surface area contributed by atoms with Gasteiger partial charge in [-0.05, 0) is 36.6 Å². The lowest BCUT2D eigenvalue weighted by Gasteiger charge is -2.15. The van der Waals surface area contributed by atoms with E-state index in [1.54, 1.807) is 0 Å². The molecule has 2 aromatic rings. The van der Waals surface area contributed by atoms with E-state index in [9.17, 15) is 9.59 Å². The van der Waals surface area contributed by atoms with Gasteiger partial charge in [-0.2, -0.15) is 0 Å². The highest BCUT2D eigenvalue weighted by atomic mass is 16.5. The van der Waals surface area contributed by atoms with Crippen LogP contribution in [0.25, 0.3) is 0 Å². The van der Waals surface area contributed by atoms with Gasteiger partial charge in [-0.3, -0.25) is 9.78 Å². The molecule has 1 amide bonds. The van der Waals surface area contributed by atoms with Crippen LogP contribution >= 0.6 is 0 Å². The monoisotopic (exact) mass is 312 g/mol. The zero-order valence-electron chi connectivity index (χ0n) is 13.3. The first-order valence-corrected chi connectivity index (χ1v) is 7.55. The minimum Gasteiger partial charge on any atom is -0.452 e. The number of ether oxygens (including phenoxy) is 1. The van der Waals surface area contributed by atoms with Crippen LogP contribution in [0, 0.1) is 0 Å². The van der Waals surface area contributed by atoms with Crippen LogP contribution in [-0.2, 0) is 16.0 Å². The molecule has 1 heterocycles. The van der Waals surface area contributed by atoms with Gasteiger partial charge < -0.3 is 10.1 Å². The van der Waals surface area contributed by atoms with Gasteiger partial charge in [-0.15, -0.1) is 0 Å². The molecule has 0 spiro atoms. The second kappa shape index (κ2) is 8.08. The topological polar surface area (TPSA) is 68.3 Å². The summed E-state index contributed by atoms with van der Waals surface area (Å²) in [5.74, 6) is -0.873. The van der Waals surface area contributed by atoms with E-state index in [-0.39, 0.29) is 18.6 Å². The normalized spacial score (nSPS) is 11.6. The molecule has 0 aliphatic carbocycles. The number of carbonyl (C=O) groups excluding carboxylic acids is 2. The molecule has 120 valence electrons. The first-order chi connectivity index (χ1) is 11.1. The summed E-state index contributed by atoms with van der Waals surface area (Å²) in [6.45, 7) is 3.68. The van der Waals surface area contributed by atoms with E-state index in [2.05, 4.69) is 17.2 Å². The van der Waals surface area contributed by atoms with E-state index in [0.717, 1.165) is 12.0 Å². The van der Waals surface area contributed by atoms with Gasteiger partial charge in [0, 0.05) is 12.4 Å². The Kier molecular flexibility index (Phi) is 5.86. The molecule has 23 heavy (non-hydrogen) atoms. The van der Waals surface area contributed by atoms with Gasteiger partial charge in [-0.1, -0.05) is 31.2 Å². The summed E-state index contributed by atoms with van der Waals surface area (Å²) < 4.78 is 4.98. The average Bonchev–Trinajstić information content (AvgIpc) is 2.60. The van der Waals surface area contributed by atoms with Crippen molar-refractivity contribution in [2.45, 2.75) is 26.3 Å². The summed E-state index contributed by atoms with van der Waals surface area (Å²) >= 11 is 0. The number of hydrogen-bond donors (Lipinski definition) is 1. The lowest BCUT2D eigenvalue weighted by Crippen LogP contribution is -2.31. The average molecular weight is 312 g/mol. The number of pyridine rings is 1. The molecular formula is C18H20N2O3. The Morgan fingerprint density at radius 3 is 2.39 bits per heavy atom. The van der Waals surface area contributed by atoms with Crippen LogP contribution < -0.4 is 5.32 Å². The zero-order valence-corrected chi connectivity index (χ0v) is 13.3. The molecule has 0 saturated heterocycles. The number of aryl methyl sites for hydroxylation is 1. The summed E-state index contributed by atoms with van der Waals surface area (Å²) in [6, 6.07) is 11.0. The Bertz CT molecular complexity index is 654. The van der Waals surface area contributed by atoms with Crippen molar-refractivity contribution < 1.29 is 14.3 Å². The summed E-state index contributed by atoms with van der Waals surface area (Å²) in [6.07, 6.45) is 3.98. The summed E-state index contributed by atoms with van der Waals surface area (Å²) in [7, 11) is 0. The number of rotatable bonds is 6. The molecule has 1 aromatic carbocycles. The predicted molar refractivity (Wildman–Crippen MR) is 86.9 cm³/mol. The third-order valence-electron chi connectivity index (χ3n) is 3.52. The van der Waals surface area contributed by atoms with Gasteiger partial charge in [0.1, 0.15) is 0 Å². The van der Waals surface area contributed by atoms with E-state index in [4.69, 9.17) is 4.74 Å². The van der Waals surface area contributed by atoms with Crippen molar-refractivity contribution in [1.29, 1.82) is 0 Å². The van der Waals surface area contributed by atoms with Gasteiger partial charge in [0.2, 0.25) is 0 Å². The van der Waals surface area contributed by atoms with E-state index in [0.29, 0.717) is 5.56 Å². The predicted octanol–water partition coefficient (Wildman–Crippen LogP) is 2.68. The Balaban J connectivity index is 1.83. The molecule has 0 radical (unpaired) electrons. The molecule has 1 N–H and O–H groups in total. The minimum atomic E-state index is -0.539. The van der Waals surface area contributed by atoms with E-state index in [1.165, 1.54) is 30.1 Å². The minimum absolute atomic E-state index is 0.145. The van der Waals surface area contributed by atoms with Crippen LogP contribution in [0.1, 0.15) is 41.4 Å². The fraction of sp³-hybridized carbons (Fsp3) is 0.278. The van der Waals surface area contributed by atoms with Crippen LogP contribution in [-0.4, -0.2) is 23.5 Å². The highest BCUT2D eigenvalue weighted by molar-refractivity contribution is 5.91. The number of nitrogens with zero attached hydrogens (tertiary/aromatic N) is 1.